The number of nitro benzene ring substituents is 1. The summed E-state index contributed by atoms with van der Waals surface area (Å²) in [6, 6.07) is 10.9. The zero-order valence-electron chi connectivity index (χ0n) is 16.9. The smallest absolute Gasteiger partial charge is 0.330 e. The third kappa shape index (κ3) is 6.05. The fraction of sp³-hybridized carbons (Fsp3) is 0.273. The van der Waals surface area contributed by atoms with Gasteiger partial charge in [0.1, 0.15) is 11.5 Å². The number of nitrogens with zero attached hydrogens (tertiary/aromatic N) is 1. The second-order valence-corrected chi connectivity index (χ2v) is 6.81. The van der Waals surface area contributed by atoms with Crippen LogP contribution in [-0.2, 0) is 14.3 Å². The zero-order chi connectivity index (χ0) is 22.2. The monoisotopic (exact) mass is 426 g/mol. The topological polar surface area (TPSA) is 117 Å². The van der Waals surface area contributed by atoms with E-state index < -0.39 is 17.0 Å². The molecule has 2 aromatic rings. The van der Waals surface area contributed by atoms with Crippen LogP contribution in [0.2, 0.25) is 0 Å². The van der Waals surface area contributed by atoms with E-state index in [1.165, 1.54) is 31.4 Å². The average molecular weight is 426 g/mol. The van der Waals surface area contributed by atoms with Gasteiger partial charge in [-0.3, -0.25) is 14.9 Å². The Kier molecular flexibility index (Phi) is 7.21. The fourth-order valence-corrected chi connectivity index (χ4v) is 3.00. The Morgan fingerprint density at radius 2 is 1.90 bits per heavy atom. The molecule has 1 atom stereocenters. The maximum absolute atomic E-state index is 12.0. The standard InChI is InChI=1S/C22H22N2O7/c1-29-21(25)12-6-15-5-11-19(18(14-15)24(27)28)30-16-7-9-17(10-8-16)31-20-4-2-3-13-23-22(20)26/h5-12,14,20H,2-4,13H2,1H3,(H,23,26)/b12-6+/t20-/m1/s1. The van der Waals surface area contributed by atoms with Gasteiger partial charge in [0.15, 0.2) is 6.10 Å². The van der Waals surface area contributed by atoms with Gasteiger partial charge in [-0.15, -0.1) is 0 Å². The van der Waals surface area contributed by atoms with Crippen LogP contribution in [0.1, 0.15) is 24.8 Å². The normalized spacial score (nSPS) is 16.3. The van der Waals surface area contributed by atoms with E-state index in [0.717, 1.165) is 12.8 Å². The summed E-state index contributed by atoms with van der Waals surface area (Å²) in [6.07, 6.45) is 4.52. The Bertz CT molecular complexity index is 986. The van der Waals surface area contributed by atoms with Crippen molar-refractivity contribution in [2.45, 2.75) is 25.4 Å². The number of carbonyl (C=O) groups is 2. The first-order valence-corrected chi connectivity index (χ1v) is 9.73. The number of carbonyl (C=O) groups excluding carboxylic acids is 2. The Balaban J connectivity index is 1.71. The van der Waals surface area contributed by atoms with Crippen LogP contribution < -0.4 is 14.8 Å². The molecule has 9 heteroatoms. The fourth-order valence-electron chi connectivity index (χ4n) is 3.00. The van der Waals surface area contributed by atoms with Crippen LogP contribution >= 0.6 is 0 Å². The molecule has 1 saturated heterocycles. The summed E-state index contributed by atoms with van der Waals surface area (Å²) in [7, 11) is 1.24. The van der Waals surface area contributed by atoms with Gasteiger partial charge >= 0.3 is 11.7 Å². The maximum atomic E-state index is 12.0. The molecule has 0 spiro atoms. The summed E-state index contributed by atoms with van der Waals surface area (Å²) in [5, 5.41) is 14.3. The van der Waals surface area contributed by atoms with Crippen molar-refractivity contribution in [2.75, 3.05) is 13.7 Å². The van der Waals surface area contributed by atoms with Crippen molar-refractivity contribution >= 4 is 23.6 Å². The van der Waals surface area contributed by atoms with Crippen molar-refractivity contribution in [3.05, 3.63) is 64.2 Å². The molecule has 0 unspecified atom stereocenters. The highest BCUT2D eigenvalue weighted by Crippen LogP contribution is 2.33. The minimum atomic E-state index is -0.563. The van der Waals surface area contributed by atoms with Crippen LogP contribution in [0.15, 0.2) is 48.5 Å². The highest BCUT2D eigenvalue weighted by Gasteiger charge is 2.22. The van der Waals surface area contributed by atoms with E-state index in [0.29, 0.717) is 30.0 Å². The van der Waals surface area contributed by atoms with Crippen molar-refractivity contribution in [1.29, 1.82) is 0 Å². The summed E-state index contributed by atoms with van der Waals surface area (Å²) in [5.74, 6) is 0.240. The molecule has 1 N–H and O–H groups in total. The molecule has 162 valence electrons. The van der Waals surface area contributed by atoms with Gasteiger partial charge in [-0.05, 0) is 61.2 Å². The van der Waals surface area contributed by atoms with Gasteiger partial charge in [-0.1, -0.05) is 6.07 Å². The quantitative estimate of drug-likeness (QED) is 0.311. The van der Waals surface area contributed by atoms with Crippen LogP contribution in [-0.4, -0.2) is 36.6 Å². The molecule has 1 aliphatic heterocycles. The number of hydrogen-bond acceptors (Lipinski definition) is 7. The van der Waals surface area contributed by atoms with Gasteiger partial charge in [0.2, 0.25) is 5.75 Å². The minimum Gasteiger partial charge on any atom is -0.481 e. The molecule has 1 amide bonds. The van der Waals surface area contributed by atoms with E-state index in [4.69, 9.17) is 9.47 Å². The Morgan fingerprint density at radius 1 is 1.16 bits per heavy atom. The van der Waals surface area contributed by atoms with Gasteiger partial charge in [0, 0.05) is 18.7 Å². The number of nitro groups is 1. The molecule has 31 heavy (non-hydrogen) atoms. The summed E-state index contributed by atoms with van der Waals surface area (Å²) >= 11 is 0. The second-order valence-electron chi connectivity index (χ2n) is 6.81. The SMILES string of the molecule is COC(=O)/C=C/c1ccc(Oc2ccc(O[C@@H]3CCCCNC3=O)cc2)c([N+](=O)[O-])c1. The minimum absolute atomic E-state index is 0.0528. The van der Waals surface area contributed by atoms with Gasteiger partial charge in [0.25, 0.3) is 5.91 Å². The molecule has 1 fully saturated rings. The van der Waals surface area contributed by atoms with Crippen molar-refractivity contribution in [3.8, 4) is 17.2 Å². The van der Waals surface area contributed by atoms with Crippen LogP contribution in [0.4, 0.5) is 5.69 Å². The summed E-state index contributed by atoms with van der Waals surface area (Å²) in [6.45, 7) is 0.654. The van der Waals surface area contributed by atoms with E-state index >= 15 is 0 Å². The van der Waals surface area contributed by atoms with E-state index in [9.17, 15) is 19.7 Å². The Hall–Kier alpha value is -3.88. The van der Waals surface area contributed by atoms with E-state index in [1.807, 2.05) is 0 Å². The molecule has 0 aromatic heterocycles. The van der Waals surface area contributed by atoms with Crippen LogP contribution in [0, 0.1) is 10.1 Å². The zero-order valence-corrected chi connectivity index (χ0v) is 16.9. The molecule has 2 aromatic carbocycles. The molecular formula is C22H22N2O7. The molecule has 0 aliphatic carbocycles. The first-order chi connectivity index (χ1) is 15.0. The number of methoxy groups -OCH3 is 1. The third-order valence-electron chi connectivity index (χ3n) is 4.61. The number of rotatable bonds is 7. The molecule has 1 aliphatic rings. The first kappa shape index (κ1) is 21.8. The molecule has 0 bridgehead atoms. The second kappa shape index (κ2) is 10.2. The van der Waals surface area contributed by atoms with E-state index in [2.05, 4.69) is 10.1 Å². The first-order valence-electron chi connectivity index (χ1n) is 9.73. The lowest BCUT2D eigenvalue weighted by Crippen LogP contribution is -2.36. The van der Waals surface area contributed by atoms with E-state index in [-0.39, 0.29) is 17.3 Å². The lowest BCUT2D eigenvalue weighted by atomic mass is 10.1. The van der Waals surface area contributed by atoms with Crippen molar-refractivity contribution in [2.24, 2.45) is 0 Å². The largest absolute Gasteiger partial charge is 0.481 e. The van der Waals surface area contributed by atoms with Crippen LogP contribution in [0.25, 0.3) is 6.08 Å². The predicted molar refractivity (Wildman–Crippen MR) is 112 cm³/mol. The van der Waals surface area contributed by atoms with Crippen molar-refractivity contribution in [1.82, 2.24) is 5.32 Å². The molecule has 0 saturated carbocycles. The van der Waals surface area contributed by atoms with Crippen molar-refractivity contribution < 1.29 is 28.7 Å². The Morgan fingerprint density at radius 3 is 2.61 bits per heavy atom. The lowest BCUT2D eigenvalue weighted by molar-refractivity contribution is -0.385. The van der Waals surface area contributed by atoms with Crippen LogP contribution in [0.3, 0.4) is 0 Å². The molecular weight excluding hydrogens is 404 g/mol. The number of amides is 1. The summed E-state index contributed by atoms with van der Waals surface area (Å²) < 4.78 is 15.9. The van der Waals surface area contributed by atoms with Crippen molar-refractivity contribution in [3.63, 3.8) is 0 Å². The van der Waals surface area contributed by atoms with Crippen LogP contribution in [0.5, 0.6) is 17.2 Å². The number of hydrogen-bond donors (Lipinski definition) is 1. The highest BCUT2D eigenvalue weighted by atomic mass is 16.6. The lowest BCUT2D eigenvalue weighted by Gasteiger charge is -2.16. The molecule has 0 radical (unpaired) electrons. The maximum Gasteiger partial charge on any atom is 0.330 e. The van der Waals surface area contributed by atoms with Gasteiger partial charge in [-0.25, -0.2) is 4.79 Å². The number of esters is 1. The number of benzene rings is 2. The third-order valence-corrected chi connectivity index (χ3v) is 4.61. The van der Waals surface area contributed by atoms with E-state index in [1.54, 1.807) is 30.3 Å². The van der Waals surface area contributed by atoms with Gasteiger partial charge in [0.05, 0.1) is 12.0 Å². The number of nitrogens with one attached hydrogen (secondary N) is 1. The highest BCUT2D eigenvalue weighted by molar-refractivity contribution is 5.87. The summed E-state index contributed by atoms with van der Waals surface area (Å²) in [4.78, 5) is 34.1. The molecule has 9 nitrogen and oxygen atoms in total. The van der Waals surface area contributed by atoms with Gasteiger partial charge < -0.3 is 19.5 Å². The van der Waals surface area contributed by atoms with Gasteiger partial charge in [-0.2, -0.15) is 0 Å². The average Bonchev–Trinajstić information content (AvgIpc) is 2.98. The Labute approximate surface area is 178 Å². The summed E-state index contributed by atoms with van der Waals surface area (Å²) in [5.41, 5.74) is 0.206. The number of ether oxygens (including phenoxy) is 3. The molecule has 1 heterocycles. The molecule has 3 rings (SSSR count). The predicted octanol–water partition coefficient (Wildman–Crippen LogP) is 3.62.